The van der Waals surface area contributed by atoms with E-state index in [2.05, 4.69) is 5.32 Å². The van der Waals surface area contributed by atoms with Crippen LogP contribution in [0.25, 0.3) is 0 Å². The standard InChI is InChI=1S/C15H22N2O3/c1-9(2)12(13(18)19)17-14(20)15(3,4)10-5-7-11(16)8-6-10/h5-9,12H,16H2,1-4H3,(H,17,20)(H,18,19)/t12-/m0/s1. The van der Waals surface area contributed by atoms with Gasteiger partial charge in [-0.1, -0.05) is 26.0 Å². The maximum atomic E-state index is 12.4. The summed E-state index contributed by atoms with van der Waals surface area (Å²) in [6, 6.07) is 6.11. The van der Waals surface area contributed by atoms with Crippen LogP contribution in [-0.2, 0) is 15.0 Å². The first-order chi connectivity index (χ1) is 9.16. The number of carbonyl (C=O) groups is 2. The monoisotopic (exact) mass is 278 g/mol. The van der Waals surface area contributed by atoms with Crippen LogP contribution >= 0.6 is 0 Å². The molecule has 0 fully saturated rings. The van der Waals surface area contributed by atoms with Gasteiger partial charge in [0.05, 0.1) is 5.41 Å². The highest BCUT2D eigenvalue weighted by Crippen LogP contribution is 2.24. The smallest absolute Gasteiger partial charge is 0.326 e. The van der Waals surface area contributed by atoms with Crippen molar-refractivity contribution in [2.24, 2.45) is 5.92 Å². The average molecular weight is 278 g/mol. The molecule has 0 aliphatic carbocycles. The summed E-state index contributed by atoms with van der Waals surface area (Å²) in [5.74, 6) is -1.52. The molecule has 5 heteroatoms. The number of nitrogen functional groups attached to an aromatic ring is 1. The summed E-state index contributed by atoms with van der Waals surface area (Å²) in [7, 11) is 0. The Balaban J connectivity index is 2.94. The lowest BCUT2D eigenvalue weighted by Crippen LogP contribution is -2.50. The number of anilines is 1. The normalized spacial score (nSPS) is 13.1. The predicted octanol–water partition coefficient (Wildman–Crippen LogP) is 1.77. The fraction of sp³-hybridized carbons (Fsp3) is 0.467. The maximum Gasteiger partial charge on any atom is 0.326 e. The first-order valence-corrected chi connectivity index (χ1v) is 6.56. The lowest BCUT2D eigenvalue weighted by atomic mass is 9.83. The Hall–Kier alpha value is -2.04. The highest BCUT2D eigenvalue weighted by molar-refractivity contribution is 5.91. The number of carboxylic acid groups (broad SMARTS) is 1. The van der Waals surface area contributed by atoms with Gasteiger partial charge < -0.3 is 16.2 Å². The molecule has 0 aromatic heterocycles. The Morgan fingerprint density at radius 2 is 1.70 bits per heavy atom. The van der Waals surface area contributed by atoms with Gasteiger partial charge in [0.2, 0.25) is 5.91 Å². The molecule has 1 aromatic rings. The van der Waals surface area contributed by atoms with Gasteiger partial charge in [-0.2, -0.15) is 0 Å². The number of benzene rings is 1. The van der Waals surface area contributed by atoms with Crippen molar-refractivity contribution in [3.63, 3.8) is 0 Å². The summed E-state index contributed by atoms with van der Waals surface area (Å²) in [4.78, 5) is 23.5. The van der Waals surface area contributed by atoms with Crippen molar-refractivity contribution in [1.29, 1.82) is 0 Å². The van der Waals surface area contributed by atoms with E-state index >= 15 is 0 Å². The number of aliphatic carboxylic acids is 1. The lowest BCUT2D eigenvalue weighted by molar-refractivity contribution is -0.143. The van der Waals surface area contributed by atoms with Crippen LogP contribution in [0.2, 0.25) is 0 Å². The summed E-state index contributed by atoms with van der Waals surface area (Å²) < 4.78 is 0. The molecule has 0 aliphatic rings. The van der Waals surface area contributed by atoms with Gasteiger partial charge in [0.15, 0.2) is 0 Å². The van der Waals surface area contributed by atoms with Crippen molar-refractivity contribution in [1.82, 2.24) is 5.32 Å². The second-order valence-corrected chi connectivity index (χ2v) is 5.78. The number of amides is 1. The van der Waals surface area contributed by atoms with E-state index in [0.29, 0.717) is 5.69 Å². The van der Waals surface area contributed by atoms with Gasteiger partial charge in [0.1, 0.15) is 6.04 Å². The van der Waals surface area contributed by atoms with Crippen LogP contribution in [0.15, 0.2) is 24.3 Å². The van der Waals surface area contributed by atoms with Crippen LogP contribution in [0, 0.1) is 5.92 Å². The minimum atomic E-state index is -1.03. The van der Waals surface area contributed by atoms with Crippen LogP contribution in [0.3, 0.4) is 0 Å². The van der Waals surface area contributed by atoms with Crippen LogP contribution in [0.1, 0.15) is 33.3 Å². The van der Waals surface area contributed by atoms with Crippen LogP contribution in [0.5, 0.6) is 0 Å². The number of hydrogen-bond donors (Lipinski definition) is 3. The van der Waals surface area contributed by atoms with E-state index in [-0.39, 0.29) is 11.8 Å². The highest BCUT2D eigenvalue weighted by atomic mass is 16.4. The lowest BCUT2D eigenvalue weighted by Gasteiger charge is -2.27. The highest BCUT2D eigenvalue weighted by Gasteiger charge is 2.33. The van der Waals surface area contributed by atoms with E-state index in [1.807, 2.05) is 0 Å². The molecule has 4 N–H and O–H groups in total. The summed E-state index contributed by atoms with van der Waals surface area (Å²) in [6.45, 7) is 7.03. The fourth-order valence-corrected chi connectivity index (χ4v) is 1.87. The Morgan fingerprint density at radius 1 is 1.20 bits per heavy atom. The third kappa shape index (κ3) is 3.50. The number of carboxylic acids is 1. The molecule has 20 heavy (non-hydrogen) atoms. The van der Waals surface area contributed by atoms with Crippen LogP contribution in [-0.4, -0.2) is 23.0 Å². The van der Waals surface area contributed by atoms with Crippen molar-refractivity contribution < 1.29 is 14.7 Å². The predicted molar refractivity (Wildman–Crippen MR) is 78.3 cm³/mol. The first-order valence-electron chi connectivity index (χ1n) is 6.56. The zero-order chi connectivity index (χ0) is 15.5. The summed E-state index contributed by atoms with van der Waals surface area (Å²) >= 11 is 0. The van der Waals surface area contributed by atoms with E-state index in [4.69, 9.17) is 10.8 Å². The van der Waals surface area contributed by atoms with E-state index in [1.165, 1.54) is 0 Å². The molecule has 110 valence electrons. The zero-order valence-electron chi connectivity index (χ0n) is 12.3. The number of nitrogens with two attached hydrogens (primary N) is 1. The van der Waals surface area contributed by atoms with E-state index in [1.54, 1.807) is 52.0 Å². The van der Waals surface area contributed by atoms with Crippen LogP contribution in [0.4, 0.5) is 5.69 Å². The number of carbonyl (C=O) groups excluding carboxylic acids is 1. The van der Waals surface area contributed by atoms with Gasteiger partial charge in [0.25, 0.3) is 0 Å². The third-order valence-electron chi connectivity index (χ3n) is 3.42. The number of nitrogens with one attached hydrogen (secondary N) is 1. The molecule has 0 saturated carbocycles. The first kappa shape index (κ1) is 16.0. The second kappa shape index (κ2) is 5.94. The molecular formula is C15H22N2O3. The van der Waals surface area contributed by atoms with Crippen molar-refractivity contribution in [3.8, 4) is 0 Å². The molecule has 0 radical (unpaired) electrons. The molecule has 0 spiro atoms. The van der Waals surface area contributed by atoms with Crippen molar-refractivity contribution in [3.05, 3.63) is 29.8 Å². The summed E-state index contributed by atoms with van der Waals surface area (Å²) in [6.07, 6.45) is 0. The largest absolute Gasteiger partial charge is 0.480 e. The van der Waals surface area contributed by atoms with Crippen LogP contribution < -0.4 is 11.1 Å². The molecular weight excluding hydrogens is 256 g/mol. The average Bonchev–Trinajstić information content (AvgIpc) is 2.35. The topological polar surface area (TPSA) is 92.4 Å². The van der Waals surface area contributed by atoms with Gasteiger partial charge in [-0.3, -0.25) is 4.79 Å². The van der Waals surface area contributed by atoms with Crippen molar-refractivity contribution in [2.45, 2.75) is 39.2 Å². The Bertz CT molecular complexity index is 492. The second-order valence-electron chi connectivity index (χ2n) is 5.78. The fourth-order valence-electron chi connectivity index (χ4n) is 1.87. The molecule has 1 amide bonds. The van der Waals surface area contributed by atoms with E-state index in [9.17, 15) is 9.59 Å². The minimum absolute atomic E-state index is 0.182. The molecule has 5 nitrogen and oxygen atoms in total. The van der Waals surface area contributed by atoms with E-state index in [0.717, 1.165) is 5.56 Å². The molecule has 0 heterocycles. The molecule has 0 unspecified atom stereocenters. The quantitative estimate of drug-likeness (QED) is 0.716. The molecule has 0 saturated heterocycles. The number of hydrogen-bond acceptors (Lipinski definition) is 3. The third-order valence-corrected chi connectivity index (χ3v) is 3.42. The molecule has 0 aliphatic heterocycles. The Morgan fingerprint density at radius 3 is 2.10 bits per heavy atom. The molecule has 0 bridgehead atoms. The van der Waals surface area contributed by atoms with Crippen molar-refractivity contribution in [2.75, 3.05) is 5.73 Å². The summed E-state index contributed by atoms with van der Waals surface area (Å²) in [5.41, 5.74) is 6.21. The zero-order valence-corrected chi connectivity index (χ0v) is 12.3. The SMILES string of the molecule is CC(C)[C@H](NC(=O)C(C)(C)c1ccc(N)cc1)C(=O)O. The molecule has 1 rings (SSSR count). The van der Waals surface area contributed by atoms with Gasteiger partial charge in [-0.15, -0.1) is 0 Å². The minimum Gasteiger partial charge on any atom is -0.480 e. The van der Waals surface area contributed by atoms with Gasteiger partial charge >= 0.3 is 5.97 Å². The Labute approximate surface area is 119 Å². The summed E-state index contributed by atoms with van der Waals surface area (Å²) in [5, 5.41) is 11.7. The maximum absolute atomic E-state index is 12.4. The van der Waals surface area contributed by atoms with Gasteiger partial charge in [-0.05, 0) is 37.5 Å². The van der Waals surface area contributed by atoms with Crippen molar-refractivity contribution >= 4 is 17.6 Å². The Kier molecular flexibility index (Phi) is 4.76. The van der Waals surface area contributed by atoms with Gasteiger partial charge in [0, 0.05) is 5.69 Å². The number of rotatable bonds is 5. The molecule has 1 aromatic carbocycles. The van der Waals surface area contributed by atoms with E-state index < -0.39 is 17.4 Å². The molecule has 1 atom stereocenters. The van der Waals surface area contributed by atoms with Gasteiger partial charge in [-0.25, -0.2) is 4.79 Å².